The lowest BCUT2D eigenvalue weighted by atomic mass is 9.51. The maximum atomic E-state index is 13.2. The number of aliphatic hydroxyl groups is 2. The summed E-state index contributed by atoms with van der Waals surface area (Å²) in [4.78, 5) is 15.9. The van der Waals surface area contributed by atoms with Crippen molar-refractivity contribution in [2.75, 3.05) is 13.1 Å². The Morgan fingerprint density at radius 3 is 2.52 bits per heavy atom. The lowest BCUT2D eigenvalue weighted by Gasteiger charge is -2.59. The van der Waals surface area contributed by atoms with E-state index in [1.54, 1.807) is 0 Å². The van der Waals surface area contributed by atoms with Crippen LogP contribution in [-0.2, 0) is 4.79 Å². The first-order chi connectivity index (χ1) is 14.7. The van der Waals surface area contributed by atoms with E-state index in [0.717, 1.165) is 44.6 Å². The summed E-state index contributed by atoms with van der Waals surface area (Å²) in [5.74, 6) is 4.82. The molecule has 31 heavy (non-hydrogen) atoms. The first-order valence-electron chi connectivity index (χ1n) is 13.4. The van der Waals surface area contributed by atoms with E-state index >= 15 is 0 Å². The second-order valence-corrected chi connectivity index (χ2v) is 13.2. The molecule has 174 valence electrons. The monoisotopic (exact) mass is 429 g/mol. The molecule has 0 amide bonds. The Morgan fingerprint density at radius 1 is 0.903 bits per heavy atom. The summed E-state index contributed by atoms with van der Waals surface area (Å²) in [7, 11) is 0. The van der Waals surface area contributed by atoms with Crippen molar-refractivity contribution in [3.8, 4) is 0 Å². The fraction of sp³-hybridized carbons (Fsp3) is 0.963. The van der Waals surface area contributed by atoms with Gasteiger partial charge in [-0.2, -0.15) is 0 Å². The van der Waals surface area contributed by atoms with E-state index in [-0.39, 0.29) is 17.4 Å². The van der Waals surface area contributed by atoms with Gasteiger partial charge in [-0.1, -0.05) is 13.8 Å². The SMILES string of the molecule is CC1CC[C@@H]2N(C1)CC1C(CC[C@H]3C4CC(=O)[C@H]5CC(O)CCC5(C)[C@H]4C[C@@H]13)[C@]2(C)O. The Hall–Kier alpha value is -0.450. The molecule has 6 aliphatic rings. The van der Waals surface area contributed by atoms with Gasteiger partial charge in [-0.15, -0.1) is 0 Å². The second kappa shape index (κ2) is 7.03. The highest BCUT2D eigenvalue weighted by Gasteiger charge is 2.64. The van der Waals surface area contributed by atoms with Gasteiger partial charge < -0.3 is 10.2 Å². The van der Waals surface area contributed by atoms with Crippen LogP contribution in [0.3, 0.4) is 0 Å². The standard InChI is InChI=1S/C27H43NO3/c1-15-4-7-25-27(3,31)21-6-5-17-18(20(21)14-28(25)13-15)11-22-19(17)12-24(30)23-10-16(29)8-9-26(22,23)2/h15-23,25,29,31H,4-14H2,1-3H3/t15?,16?,17-,18-,19?,20?,21?,22+,23-,25+,26?,27+/m1/s1. The zero-order valence-electron chi connectivity index (χ0n) is 19.8. The highest BCUT2D eigenvalue weighted by atomic mass is 16.3. The molecule has 12 atom stereocenters. The van der Waals surface area contributed by atoms with Gasteiger partial charge in [-0.05, 0) is 105 Å². The summed E-state index contributed by atoms with van der Waals surface area (Å²) in [6.07, 6.45) is 9.08. The smallest absolute Gasteiger partial charge is 0.136 e. The maximum absolute atomic E-state index is 13.2. The van der Waals surface area contributed by atoms with Crippen molar-refractivity contribution >= 4 is 5.78 Å². The van der Waals surface area contributed by atoms with Crippen molar-refractivity contribution in [3.05, 3.63) is 0 Å². The highest BCUT2D eigenvalue weighted by molar-refractivity contribution is 5.83. The Bertz CT molecular complexity index is 751. The minimum absolute atomic E-state index is 0.0789. The molecule has 6 unspecified atom stereocenters. The molecule has 6 rings (SSSR count). The van der Waals surface area contributed by atoms with Gasteiger partial charge in [0.2, 0.25) is 0 Å². The van der Waals surface area contributed by atoms with Gasteiger partial charge in [-0.25, -0.2) is 0 Å². The molecule has 4 nitrogen and oxygen atoms in total. The third-order valence-electron chi connectivity index (χ3n) is 11.8. The van der Waals surface area contributed by atoms with Crippen LogP contribution in [0.5, 0.6) is 0 Å². The number of rotatable bonds is 0. The minimum atomic E-state index is -0.570. The number of hydrogen-bond acceptors (Lipinski definition) is 4. The number of hydrogen-bond donors (Lipinski definition) is 2. The van der Waals surface area contributed by atoms with Gasteiger partial charge in [0.25, 0.3) is 0 Å². The molecule has 0 radical (unpaired) electrons. The van der Waals surface area contributed by atoms with Crippen molar-refractivity contribution in [2.24, 2.45) is 52.8 Å². The topological polar surface area (TPSA) is 60.8 Å². The van der Waals surface area contributed by atoms with E-state index in [0.29, 0.717) is 53.8 Å². The molecule has 0 bridgehead atoms. The van der Waals surface area contributed by atoms with Crippen LogP contribution in [0.25, 0.3) is 0 Å². The molecular weight excluding hydrogens is 386 g/mol. The van der Waals surface area contributed by atoms with Crippen molar-refractivity contribution in [3.63, 3.8) is 0 Å². The van der Waals surface area contributed by atoms with Crippen LogP contribution in [0.15, 0.2) is 0 Å². The number of ketones is 1. The van der Waals surface area contributed by atoms with E-state index in [1.165, 1.54) is 25.8 Å². The molecular formula is C27H43NO3. The number of Topliss-reactive ketones (excluding diaryl/α,β-unsaturated/α-hetero) is 1. The fourth-order valence-corrected chi connectivity index (χ4v) is 10.4. The number of carbonyl (C=O) groups excluding carboxylic acids is 1. The van der Waals surface area contributed by atoms with Crippen LogP contribution < -0.4 is 0 Å². The van der Waals surface area contributed by atoms with Crippen molar-refractivity contribution in [2.45, 2.75) is 96.3 Å². The van der Waals surface area contributed by atoms with E-state index < -0.39 is 5.60 Å². The third kappa shape index (κ3) is 2.93. The van der Waals surface area contributed by atoms with Crippen LogP contribution in [0.4, 0.5) is 0 Å². The Morgan fingerprint density at radius 2 is 1.71 bits per heavy atom. The maximum Gasteiger partial charge on any atom is 0.136 e. The molecule has 0 aromatic rings. The molecule has 6 fully saturated rings. The number of aliphatic hydroxyl groups excluding tert-OH is 1. The molecule has 0 spiro atoms. The van der Waals surface area contributed by atoms with Crippen molar-refractivity contribution in [1.29, 1.82) is 0 Å². The number of fused-ring (bicyclic) bond motifs is 8. The number of nitrogens with zero attached hydrogens (tertiary/aromatic N) is 1. The zero-order chi connectivity index (χ0) is 21.7. The van der Waals surface area contributed by atoms with Gasteiger partial charge >= 0.3 is 0 Å². The molecule has 2 saturated heterocycles. The van der Waals surface area contributed by atoms with E-state index in [2.05, 4.69) is 25.7 Å². The zero-order valence-corrected chi connectivity index (χ0v) is 19.8. The number of piperidine rings is 2. The molecule has 4 heteroatoms. The fourth-order valence-electron chi connectivity index (χ4n) is 10.4. The molecule has 2 heterocycles. The van der Waals surface area contributed by atoms with E-state index in [4.69, 9.17) is 0 Å². The summed E-state index contributed by atoms with van der Waals surface area (Å²) >= 11 is 0. The van der Waals surface area contributed by atoms with Crippen LogP contribution in [0, 0.1) is 52.8 Å². The second-order valence-electron chi connectivity index (χ2n) is 13.2. The first-order valence-corrected chi connectivity index (χ1v) is 13.4. The summed E-state index contributed by atoms with van der Waals surface area (Å²) < 4.78 is 0. The predicted octanol–water partition coefficient (Wildman–Crippen LogP) is 3.89. The summed E-state index contributed by atoms with van der Waals surface area (Å²) in [5.41, 5.74) is -0.482. The average Bonchev–Trinajstić information content (AvgIpc) is 3.09. The molecule has 0 aromatic heterocycles. The Kier molecular flexibility index (Phi) is 4.78. The molecule has 2 aliphatic heterocycles. The molecule has 0 aromatic carbocycles. The first kappa shape index (κ1) is 21.1. The molecule has 2 N–H and O–H groups in total. The van der Waals surface area contributed by atoms with E-state index in [1.807, 2.05) is 0 Å². The average molecular weight is 430 g/mol. The van der Waals surface area contributed by atoms with Gasteiger partial charge in [0, 0.05) is 31.5 Å². The summed E-state index contributed by atoms with van der Waals surface area (Å²) in [6.45, 7) is 9.23. The van der Waals surface area contributed by atoms with Crippen LogP contribution >= 0.6 is 0 Å². The van der Waals surface area contributed by atoms with Crippen LogP contribution in [0.2, 0.25) is 0 Å². The predicted molar refractivity (Wildman–Crippen MR) is 120 cm³/mol. The third-order valence-corrected chi connectivity index (χ3v) is 11.8. The van der Waals surface area contributed by atoms with Crippen LogP contribution in [0.1, 0.15) is 78.6 Å². The van der Waals surface area contributed by atoms with Crippen molar-refractivity contribution < 1.29 is 15.0 Å². The van der Waals surface area contributed by atoms with E-state index in [9.17, 15) is 15.0 Å². The Balaban J connectivity index is 1.31. The lowest BCUT2D eigenvalue weighted by molar-refractivity contribution is -0.175. The quantitative estimate of drug-likeness (QED) is 0.613. The van der Waals surface area contributed by atoms with Gasteiger partial charge in [0.05, 0.1) is 11.7 Å². The van der Waals surface area contributed by atoms with Gasteiger partial charge in [0.15, 0.2) is 0 Å². The number of carbonyl (C=O) groups is 1. The summed E-state index contributed by atoms with van der Waals surface area (Å²) in [5, 5.41) is 22.1. The summed E-state index contributed by atoms with van der Waals surface area (Å²) in [6, 6.07) is 0.341. The lowest BCUT2D eigenvalue weighted by Crippen LogP contribution is -2.67. The highest BCUT2D eigenvalue weighted by Crippen LogP contribution is 2.66. The van der Waals surface area contributed by atoms with Crippen molar-refractivity contribution in [1.82, 2.24) is 4.90 Å². The largest absolute Gasteiger partial charge is 0.393 e. The Labute approximate surface area is 188 Å². The minimum Gasteiger partial charge on any atom is -0.393 e. The normalized spacial score (nSPS) is 59.2. The van der Waals surface area contributed by atoms with Gasteiger partial charge in [0.1, 0.15) is 5.78 Å². The molecule has 4 saturated carbocycles. The van der Waals surface area contributed by atoms with Crippen LogP contribution in [-0.4, -0.2) is 51.7 Å². The van der Waals surface area contributed by atoms with Gasteiger partial charge in [-0.3, -0.25) is 9.69 Å². The molecule has 4 aliphatic carbocycles.